The Morgan fingerprint density at radius 2 is 2.08 bits per heavy atom. The Hall–Kier alpha value is -2.69. The van der Waals surface area contributed by atoms with Gasteiger partial charge in [0.2, 0.25) is 5.91 Å². The third-order valence-corrected chi connectivity index (χ3v) is 4.84. The monoisotopic (exact) mass is 334 g/mol. The SMILES string of the molecule is O=C(CCCc1nc2ccccc2[nH]1)N1CCC[C@@H]1c1ccccn1. The summed E-state index contributed by atoms with van der Waals surface area (Å²) >= 11 is 0. The van der Waals surface area contributed by atoms with Gasteiger partial charge < -0.3 is 9.88 Å². The van der Waals surface area contributed by atoms with Crippen LogP contribution in [-0.4, -0.2) is 32.3 Å². The number of fused-ring (bicyclic) bond motifs is 1. The normalized spacial score (nSPS) is 17.3. The second-order valence-corrected chi connectivity index (χ2v) is 6.55. The van der Waals surface area contributed by atoms with Gasteiger partial charge in [0.05, 0.1) is 22.8 Å². The molecule has 0 spiro atoms. The summed E-state index contributed by atoms with van der Waals surface area (Å²) in [5, 5.41) is 0. The highest BCUT2D eigenvalue weighted by Gasteiger charge is 2.30. The van der Waals surface area contributed by atoms with Gasteiger partial charge in [-0.25, -0.2) is 4.98 Å². The Morgan fingerprint density at radius 3 is 2.92 bits per heavy atom. The van der Waals surface area contributed by atoms with Gasteiger partial charge in [0, 0.05) is 25.6 Å². The van der Waals surface area contributed by atoms with E-state index in [0.717, 1.165) is 54.8 Å². The molecule has 1 fully saturated rings. The zero-order valence-corrected chi connectivity index (χ0v) is 14.2. The number of rotatable bonds is 5. The summed E-state index contributed by atoms with van der Waals surface area (Å²) in [6.45, 7) is 0.838. The largest absolute Gasteiger partial charge is 0.342 e. The lowest BCUT2D eigenvalue weighted by Crippen LogP contribution is -2.30. The summed E-state index contributed by atoms with van der Waals surface area (Å²) < 4.78 is 0. The highest BCUT2D eigenvalue weighted by Crippen LogP contribution is 2.31. The quantitative estimate of drug-likeness (QED) is 0.775. The molecule has 1 amide bonds. The molecular formula is C20H22N4O. The fourth-order valence-electron chi connectivity index (χ4n) is 3.62. The number of hydrogen-bond donors (Lipinski definition) is 1. The van der Waals surface area contributed by atoms with Crippen molar-refractivity contribution in [2.75, 3.05) is 6.54 Å². The molecule has 25 heavy (non-hydrogen) atoms. The van der Waals surface area contributed by atoms with Crippen molar-refractivity contribution in [3.63, 3.8) is 0 Å². The smallest absolute Gasteiger partial charge is 0.223 e. The summed E-state index contributed by atoms with van der Waals surface area (Å²) in [6, 6.07) is 14.1. The topological polar surface area (TPSA) is 61.9 Å². The summed E-state index contributed by atoms with van der Waals surface area (Å²) in [7, 11) is 0. The van der Waals surface area contributed by atoms with Crippen molar-refractivity contribution in [2.24, 2.45) is 0 Å². The number of likely N-dealkylation sites (tertiary alicyclic amines) is 1. The number of hydrogen-bond acceptors (Lipinski definition) is 3. The van der Waals surface area contributed by atoms with Crippen molar-refractivity contribution in [1.29, 1.82) is 0 Å². The minimum absolute atomic E-state index is 0.139. The van der Waals surface area contributed by atoms with Gasteiger partial charge in [-0.1, -0.05) is 18.2 Å². The van der Waals surface area contributed by atoms with Crippen LogP contribution in [0.15, 0.2) is 48.7 Å². The molecule has 5 nitrogen and oxygen atoms in total. The van der Waals surface area contributed by atoms with Crippen molar-refractivity contribution < 1.29 is 4.79 Å². The first-order chi connectivity index (χ1) is 12.3. The van der Waals surface area contributed by atoms with E-state index in [4.69, 9.17) is 0 Å². The van der Waals surface area contributed by atoms with Gasteiger partial charge in [-0.05, 0) is 43.5 Å². The zero-order chi connectivity index (χ0) is 17.1. The van der Waals surface area contributed by atoms with E-state index in [0.29, 0.717) is 6.42 Å². The maximum Gasteiger partial charge on any atom is 0.223 e. The number of amides is 1. The van der Waals surface area contributed by atoms with Gasteiger partial charge in [0.15, 0.2) is 0 Å². The molecule has 3 heterocycles. The fraction of sp³-hybridized carbons (Fsp3) is 0.350. The molecule has 0 aliphatic carbocycles. The van der Waals surface area contributed by atoms with Crippen LogP contribution in [0.3, 0.4) is 0 Å². The molecule has 0 radical (unpaired) electrons. The number of carbonyl (C=O) groups excluding carboxylic acids is 1. The Balaban J connectivity index is 1.35. The van der Waals surface area contributed by atoms with Crippen LogP contribution < -0.4 is 0 Å². The van der Waals surface area contributed by atoms with Gasteiger partial charge in [0.1, 0.15) is 5.82 Å². The van der Waals surface area contributed by atoms with Gasteiger partial charge >= 0.3 is 0 Å². The van der Waals surface area contributed by atoms with Crippen LogP contribution in [0.4, 0.5) is 0 Å². The van der Waals surface area contributed by atoms with Crippen molar-refractivity contribution in [2.45, 2.75) is 38.1 Å². The lowest BCUT2D eigenvalue weighted by atomic mass is 10.1. The van der Waals surface area contributed by atoms with Crippen LogP contribution in [0.2, 0.25) is 0 Å². The summed E-state index contributed by atoms with van der Waals surface area (Å²) in [5.74, 6) is 1.18. The Bertz CT molecular complexity index is 825. The highest BCUT2D eigenvalue weighted by molar-refractivity contribution is 5.77. The molecule has 1 aromatic carbocycles. The first-order valence-corrected chi connectivity index (χ1v) is 8.95. The molecule has 2 aromatic heterocycles. The third kappa shape index (κ3) is 3.40. The Kier molecular flexibility index (Phi) is 4.46. The van der Waals surface area contributed by atoms with Crippen molar-refractivity contribution in [1.82, 2.24) is 19.9 Å². The van der Waals surface area contributed by atoms with Crippen LogP contribution in [0, 0.1) is 0 Å². The van der Waals surface area contributed by atoms with E-state index < -0.39 is 0 Å². The molecule has 3 aromatic rings. The van der Waals surface area contributed by atoms with Gasteiger partial charge in [-0.15, -0.1) is 0 Å². The second kappa shape index (κ2) is 7.05. The first-order valence-electron chi connectivity index (χ1n) is 8.95. The third-order valence-electron chi connectivity index (χ3n) is 4.84. The van der Waals surface area contributed by atoms with Crippen LogP contribution in [0.1, 0.15) is 43.2 Å². The molecule has 1 aliphatic rings. The number of pyridine rings is 1. The Morgan fingerprint density at radius 1 is 1.20 bits per heavy atom. The molecule has 1 N–H and O–H groups in total. The number of para-hydroxylation sites is 2. The summed E-state index contributed by atoms with van der Waals surface area (Å²) in [6.07, 6.45) is 6.02. The number of aromatic nitrogens is 3. The molecule has 1 atom stereocenters. The standard InChI is InChI=1S/C20H22N4O/c25-20(24-14-6-10-18(24)17-9-3-4-13-21-17)12-5-11-19-22-15-7-1-2-8-16(15)23-19/h1-4,7-9,13,18H,5-6,10-12,14H2,(H,22,23)/t18-/m1/s1. The number of imidazole rings is 1. The van der Waals surface area contributed by atoms with Crippen molar-refractivity contribution in [3.05, 3.63) is 60.2 Å². The van der Waals surface area contributed by atoms with E-state index in [2.05, 4.69) is 15.0 Å². The minimum atomic E-state index is 0.139. The van der Waals surface area contributed by atoms with Crippen LogP contribution in [0.25, 0.3) is 11.0 Å². The summed E-state index contributed by atoms with van der Waals surface area (Å²) in [4.78, 5) is 27.0. The molecule has 0 bridgehead atoms. The van der Waals surface area contributed by atoms with Gasteiger partial charge in [-0.3, -0.25) is 9.78 Å². The van der Waals surface area contributed by atoms with Crippen LogP contribution >= 0.6 is 0 Å². The molecule has 128 valence electrons. The van der Waals surface area contributed by atoms with Gasteiger partial charge in [0.25, 0.3) is 0 Å². The lowest BCUT2D eigenvalue weighted by Gasteiger charge is -2.24. The highest BCUT2D eigenvalue weighted by atomic mass is 16.2. The number of H-pyrrole nitrogens is 1. The maximum atomic E-state index is 12.7. The average molecular weight is 334 g/mol. The molecule has 0 unspecified atom stereocenters. The number of carbonyl (C=O) groups is 1. The molecular weight excluding hydrogens is 312 g/mol. The van der Waals surface area contributed by atoms with Crippen LogP contribution in [0.5, 0.6) is 0 Å². The summed E-state index contributed by atoms with van der Waals surface area (Å²) in [5.41, 5.74) is 3.04. The second-order valence-electron chi connectivity index (χ2n) is 6.55. The van der Waals surface area contributed by atoms with Crippen molar-refractivity contribution >= 4 is 16.9 Å². The van der Waals surface area contributed by atoms with Gasteiger partial charge in [-0.2, -0.15) is 0 Å². The average Bonchev–Trinajstić information content (AvgIpc) is 3.29. The van der Waals surface area contributed by atoms with E-state index in [1.807, 2.05) is 47.4 Å². The Labute approximate surface area is 147 Å². The number of aromatic amines is 1. The zero-order valence-electron chi connectivity index (χ0n) is 14.2. The predicted molar refractivity (Wildman–Crippen MR) is 97.0 cm³/mol. The molecule has 1 saturated heterocycles. The number of aryl methyl sites for hydroxylation is 1. The minimum Gasteiger partial charge on any atom is -0.342 e. The fourth-order valence-corrected chi connectivity index (χ4v) is 3.62. The molecule has 1 aliphatic heterocycles. The maximum absolute atomic E-state index is 12.7. The number of nitrogens with zero attached hydrogens (tertiary/aromatic N) is 3. The first kappa shape index (κ1) is 15.8. The number of nitrogens with one attached hydrogen (secondary N) is 1. The van der Waals surface area contributed by atoms with Crippen LogP contribution in [-0.2, 0) is 11.2 Å². The number of benzene rings is 1. The molecule has 5 heteroatoms. The van der Waals surface area contributed by atoms with E-state index in [9.17, 15) is 4.79 Å². The molecule has 4 rings (SSSR count). The van der Waals surface area contributed by atoms with E-state index in [-0.39, 0.29) is 11.9 Å². The van der Waals surface area contributed by atoms with E-state index >= 15 is 0 Å². The van der Waals surface area contributed by atoms with E-state index in [1.165, 1.54) is 0 Å². The molecule has 0 saturated carbocycles. The predicted octanol–water partition coefficient (Wildman–Crippen LogP) is 3.64. The van der Waals surface area contributed by atoms with E-state index in [1.54, 1.807) is 6.20 Å². The van der Waals surface area contributed by atoms with Crippen molar-refractivity contribution in [3.8, 4) is 0 Å². The lowest BCUT2D eigenvalue weighted by molar-refractivity contribution is -0.132.